The van der Waals surface area contributed by atoms with Crippen LogP contribution in [-0.4, -0.2) is 22.9 Å². The van der Waals surface area contributed by atoms with Gasteiger partial charge in [-0.1, -0.05) is 11.6 Å². The van der Waals surface area contributed by atoms with Crippen molar-refractivity contribution in [3.8, 4) is 0 Å². The highest BCUT2D eigenvalue weighted by atomic mass is 79.9. The van der Waals surface area contributed by atoms with Crippen LogP contribution in [-0.2, 0) is 0 Å². The van der Waals surface area contributed by atoms with Crippen molar-refractivity contribution in [2.24, 2.45) is 0 Å². The molecule has 104 valence electrons. The minimum Gasteiger partial charge on any atom is -0.373 e. The standard InChI is InChI=1S/C13H12BrClN4O/c1-7-5-11(17-6-8(7)14)19-13(20)12-9(15)3-4-10(16-2)18-12/h3-6H,1-2H3,(H,16,18)(H,17,19,20). The number of carbonyl (C=O) groups is 1. The summed E-state index contributed by atoms with van der Waals surface area (Å²) in [5.41, 5.74) is 1.12. The Labute approximate surface area is 129 Å². The zero-order chi connectivity index (χ0) is 14.7. The summed E-state index contributed by atoms with van der Waals surface area (Å²) in [6.07, 6.45) is 1.63. The van der Waals surface area contributed by atoms with Crippen molar-refractivity contribution < 1.29 is 4.79 Å². The summed E-state index contributed by atoms with van der Waals surface area (Å²) in [5, 5.41) is 5.82. The molecule has 0 saturated heterocycles. The van der Waals surface area contributed by atoms with E-state index < -0.39 is 5.91 Å². The Morgan fingerprint density at radius 3 is 2.75 bits per heavy atom. The van der Waals surface area contributed by atoms with Crippen molar-refractivity contribution in [1.29, 1.82) is 0 Å². The Bertz CT molecular complexity index is 663. The van der Waals surface area contributed by atoms with Gasteiger partial charge in [-0.2, -0.15) is 0 Å². The van der Waals surface area contributed by atoms with E-state index in [1.54, 1.807) is 31.4 Å². The molecule has 0 aliphatic heterocycles. The largest absolute Gasteiger partial charge is 0.373 e. The summed E-state index contributed by atoms with van der Waals surface area (Å²) in [6.45, 7) is 1.91. The van der Waals surface area contributed by atoms with E-state index in [0.29, 0.717) is 11.6 Å². The number of aromatic nitrogens is 2. The minimum atomic E-state index is -0.402. The smallest absolute Gasteiger partial charge is 0.277 e. The second-order valence-corrected chi connectivity index (χ2v) is 5.31. The Hall–Kier alpha value is -1.66. The van der Waals surface area contributed by atoms with Crippen LogP contribution < -0.4 is 10.6 Å². The van der Waals surface area contributed by atoms with Gasteiger partial charge in [0.25, 0.3) is 5.91 Å². The number of nitrogens with one attached hydrogen (secondary N) is 2. The third-order valence-electron chi connectivity index (χ3n) is 2.61. The number of amides is 1. The first-order valence-electron chi connectivity index (χ1n) is 5.79. The quantitative estimate of drug-likeness (QED) is 0.884. The van der Waals surface area contributed by atoms with Crippen molar-refractivity contribution in [3.05, 3.63) is 45.1 Å². The van der Waals surface area contributed by atoms with Crippen LogP contribution in [0.3, 0.4) is 0 Å². The van der Waals surface area contributed by atoms with E-state index >= 15 is 0 Å². The molecule has 2 rings (SSSR count). The molecule has 7 heteroatoms. The Morgan fingerprint density at radius 1 is 1.35 bits per heavy atom. The molecule has 2 aromatic rings. The van der Waals surface area contributed by atoms with Crippen LogP contribution in [0.25, 0.3) is 0 Å². The lowest BCUT2D eigenvalue weighted by atomic mass is 10.3. The van der Waals surface area contributed by atoms with Crippen molar-refractivity contribution >= 4 is 45.1 Å². The topological polar surface area (TPSA) is 66.9 Å². The highest BCUT2D eigenvalue weighted by Gasteiger charge is 2.14. The van der Waals surface area contributed by atoms with Crippen LogP contribution in [0, 0.1) is 6.92 Å². The van der Waals surface area contributed by atoms with E-state index in [4.69, 9.17) is 11.6 Å². The molecular formula is C13H12BrClN4O. The molecule has 0 saturated carbocycles. The number of halogens is 2. The van der Waals surface area contributed by atoms with Crippen molar-refractivity contribution in [1.82, 2.24) is 9.97 Å². The van der Waals surface area contributed by atoms with Crippen LogP contribution >= 0.6 is 27.5 Å². The number of anilines is 2. The molecule has 5 nitrogen and oxygen atoms in total. The van der Waals surface area contributed by atoms with Gasteiger partial charge in [-0.25, -0.2) is 9.97 Å². The molecule has 20 heavy (non-hydrogen) atoms. The third-order valence-corrected chi connectivity index (χ3v) is 3.74. The summed E-state index contributed by atoms with van der Waals surface area (Å²) in [7, 11) is 1.72. The second-order valence-electron chi connectivity index (χ2n) is 4.05. The van der Waals surface area contributed by atoms with Gasteiger partial charge in [0.05, 0.1) is 5.02 Å². The van der Waals surface area contributed by atoms with Gasteiger partial charge < -0.3 is 10.6 Å². The number of hydrogen-bond acceptors (Lipinski definition) is 4. The van der Waals surface area contributed by atoms with Gasteiger partial charge in [0, 0.05) is 17.7 Å². The van der Waals surface area contributed by atoms with Gasteiger partial charge in [0.2, 0.25) is 0 Å². The minimum absolute atomic E-state index is 0.154. The van der Waals surface area contributed by atoms with E-state index in [0.717, 1.165) is 10.0 Å². The van der Waals surface area contributed by atoms with Gasteiger partial charge >= 0.3 is 0 Å². The lowest BCUT2D eigenvalue weighted by Crippen LogP contribution is -2.16. The van der Waals surface area contributed by atoms with E-state index in [1.165, 1.54) is 0 Å². The second kappa shape index (κ2) is 6.19. The molecule has 0 aliphatic carbocycles. The average molecular weight is 356 g/mol. The number of pyridine rings is 2. The lowest BCUT2D eigenvalue weighted by Gasteiger charge is -2.08. The van der Waals surface area contributed by atoms with Crippen LogP contribution in [0.15, 0.2) is 28.9 Å². The van der Waals surface area contributed by atoms with Crippen LogP contribution in [0.2, 0.25) is 5.02 Å². The fourth-order valence-electron chi connectivity index (χ4n) is 1.52. The highest BCUT2D eigenvalue weighted by molar-refractivity contribution is 9.10. The Morgan fingerprint density at radius 2 is 2.10 bits per heavy atom. The molecule has 0 radical (unpaired) electrons. The predicted octanol–water partition coefficient (Wildman–Crippen LogP) is 3.49. The van der Waals surface area contributed by atoms with Crippen LogP contribution in [0.5, 0.6) is 0 Å². The highest BCUT2D eigenvalue weighted by Crippen LogP contribution is 2.20. The molecule has 2 heterocycles. The molecule has 0 aliphatic rings. The molecule has 2 aromatic heterocycles. The molecule has 0 aromatic carbocycles. The molecule has 0 bridgehead atoms. The Balaban J connectivity index is 2.25. The first kappa shape index (κ1) is 14.7. The van der Waals surface area contributed by atoms with Gasteiger partial charge in [-0.15, -0.1) is 0 Å². The lowest BCUT2D eigenvalue weighted by molar-refractivity contribution is 0.102. The number of hydrogen-bond donors (Lipinski definition) is 2. The van der Waals surface area contributed by atoms with Crippen LogP contribution in [0.1, 0.15) is 16.1 Å². The molecule has 2 N–H and O–H groups in total. The van der Waals surface area contributed by atoms with Crippen molar-refractivity contribution in [2.45, 2.75) is 6.92 Å². The molecule has 0 atom stereocenters. The van der Waals surface area contributed by atoms with E-state index in [-0.39, 0.29) is 10.7 Å². The monoisotopic (exact) mass is 354 g/mol. The third kappa shape index (κ3) is 3.26. The summed E-state index contributed by atoms with van der Waals surface area (Å²) in [5.74, 6) is 0.615. The molecule has 0 fully saturated rings. The molecule has 0 unspecified atom stereocenters. The average Bonchev–Trinajstić information content (AvgIpc) is 2.43. The fourth-order valence-corrected chi connectivity index (χ4v) is 1.93. The summed E-state index contributed by atoms with van der Waals surface area (Å²) in [6, 6.07) is 5.08. The van der Waals surface area contributed by atoms with E-state index in [1.807, 2.05) is 6.92 Å². The fraction of sp³-hybridized carbons (Fsp3) is 0.154. The SMILES string of the molecule is CNc1ccc(Cl)c(C(=O)Nc2cc(C)c(Br)cn2)n1. The molecule has 1 amide bonds. The van der Waals surface area contributed by atoms with Crippen LogP contribution in [0.4, 0.5) is 11.6 Å². The van der Waals surface area contributed by atoms with Gasteiger partial charge in [-0.3, -0.25) is 4.79 Å². The maximum absolute atomic E-state index is 12.2. The zero-order valence-electron chi connectivity index (χ0n) is 10.9. The van der Waals surface area contributed by atoms with Gasteiger partial charge in [-0.05, 0) is 46.6 Å². The van der Waals surface area contributed by atoms with Crippen molar-refractivity contribution in [3.63, 3.8) is 0 Å². The molecule has 0 spiro atoms. The summed E-state index contributed by atoms with van der Waals surface area (Å²) >= 11 is 9.35. The van der Waals surface area contributed by atoms with Gasteiger partial charge in [0.1, 0.15) is 17.3 Å². The summed E-state index contributed by atoms with van der Waals surface area (Å²) in [4.78, 5) is 20.4. The van der Waals surface area contributed by atoms with Gasteiger partial charge in [0.15, 0.2) is 0 Å². The first-order valence-corrected chi connectivity index (χ1v) is 6.96. The zero-order valence-corrected chi connectivity index (χ0v) is 13.2. The number of aryl methyl sites for hydroxylation is 1. The maximum Gasteiger partial charge on any atom is 0.277 e. The predicted molar refractivity (Wildman–Crippen MR) is 83.4 cm³/mol. The number of carbonyl (C=O) groups excluding carboxylic acids is 1. The number of rotatable bonds is 3. The maximum atomic E-state index is 12.2. The van der Waals surface area contributed by atoms with Crippen molar-refractivity contribution in [2.75, 3.05) is 17.7 Å². The van der Waals surface area contributed by atoms with E-state index in [9.17, 15) is 4.79 Å². The number of nitrogens with zero attached hydrogens (tertiary/aromatic N) is 2. The normalized spacial score (nSPS) is 10.2. The first-order chi connectivity index (χ1) is 9.51. The summed E-state index contributed by atoms with van der Waals surface area (Å²) < 4.78 is 0.879. The molecular weight excluding hydrogens is 344 g/mol. The van der Waals surface area contributed by atoms with E-state index in [2.05, 4.69) is 36.5 Å². The Kier molecular flexibility index (Phi) is 4.57.